The standard InChI is InChI=1S/C34H46F3NO2Si/c1-32(2,3)41(6,7)40-26-20-33(4,5)19-25-28(26)27(21-11-8-9-12-21)29(30(38-25)22-13-10-14-22)31(39)23-15-17-24(18-16-23)34(35,36)37/h11,15-18,22,26,31,39H,8-10,12-14,19-20H2,1-7H3/t26-,31+/m0/s1. The summed E-state index contributed by atoms with van der Waals surface area (Å²) >= 11 is 0. The van der Waals surface area contributed by atoms with Crippen molar-refractivity contribution in [1.82, 2.24) is 4.98 Å². The maximum absolute atomic E-state index is 13.4. The second kappa shape index (κ2) is 10.6. The Kier molecular flexibility index (Phi) is 7.91. The fourth-order valence-electron chi connectivity index (χ4n) is 6.46. The van der Waals surface area contributed by atoms with Crippen molar-refractivity contribution in [1.29, 1.82) is 0 Å². The van der Waals surface area contributed by atoms with Gasteiger partial charge in [-0.15, -0.1) is 0 Å². The van der Waals surface area contributed by atoms with Gasteiger partial charge in [-0.25, -0.2) is 0 Å². The van der Waals surface area contributed by atoms with E-state index in [1.165, 1.54) is 17.7 Å². The molecule has 0 saturated heterocycles. The lowest BCUT2D eigenvalue weighted by Crippen LogP contribution is -2.44. The molecule has 3 aliphatic carbocycles. The number of allylic oxidation sites excluding steroid dienone is 2. The van der Waals surface area contributed by atoms with Crippen LogP contribution in [0.1, 0.15) is 137 Å². The number of hydrogen-bond donors (Lipinski definition) is 1. The molecule has 3 aliphatic rings. The first-order valence-electron chi connectivity index (χ1n) is 15.3. The summed E-state index contributed by atoms with van der Waals surface area (Å²) in [6.07, 6.45) is 4.50. The number of halogens is 3. The highest BCUT2D eigenvalue weighted by Gasteiger charge is 2.45. The molecule has 0 bridgehead atoms. The van der Waals surface area contributed by atoms with Crippen LogP contribution in [0.3, 0.4) is 0 Å². The minimum Gasteiger partial charge on any atom is -0.410 e. The predicted octanol–water partition coefficient (Wildman–Crippen LogP) is 10.1. The number of benzene rings is 1. The second-order valence-corrected chi connectivity index (χ2v) is 19.6. The minimum absolute atomic E-state index is 0.0127. The van der Waals surface area contributed by atoms with Gasteiger partial charge in [0, 0.05) is 22.7 Å². The van der Waals surface area contributed by atoms with Gasteiger partial charge < -0.3 is 9.53 Å². The van der Waals surface area contributed by atoms with E-state index >= 15 is 0 Å². The Morgan fingerprint density at radius 2 is 1.71 bits per heavy atom. The van der Waals surface area contributed by atoms with Gasteiger partial charge in [-0.3, -0.25) is 4.98 Å². The van der Waals surface area contributed by atoms with E-state index in [4.69, 9.17) is 9.41 Å². The number of nitrogens with zero attached hydrogens (tertiary/aromatic N) is 1. The molecule has 7 heteroatoms. The van der Waals surface area contributed by atoms with Crippen LogP contribution in [0.5, 0.6) is 0 Å². The Bertz CT molecular complexity index is 1320. The average Bonchev–Trinajstić information content (AvgIpc) is 3.34. The molecule has 0 amide bonds. The second-order valence-electron chi connectivity index (χ2n) is 14.8. The normalized spacial score (nSPS) is 22.2. The van der Waals surface area contributed by atoms with E-state index in [1.54, 1.807) is 0 Å². The molecule has 1 N–H and O–H groups in total. The molecule has 1 fully saturated rings. The first-order valence-corrected chi connectivity index (χ1v) is 18.2. The summed E-state index contributed by atoms with van der Waals surface area (Å²) < 4.78 is 47.3. The molecule has 41 heavy (non-hydrogen) atoms. The Hall–Kier alpha value is -1.96. The number of hydrogen-bond acceptors (Lipinski definition) is 3. The van der Waals surface area contributed by atoms with Crippen molar-refractivity contribution in [3.8, 4) is 0 Å². The third-order valence-electron chi connectivity index (χ3n) is 10.0. The van der Waals surface area contributed by atoms with Crippen molar-refractivity contribution < 1.29 is 22.7 Å². The van der Waals surface area contributed by atoms with Gasteiger partial charge in [0.2, 0.25) is 0 Å². The third-order valence-corrected chi connectivity index (χ3v) is 14.5. The molecule has 0 radical (unpaired) electrons. The summed E-state index contributed by atoms with van der Waals surface area (Å²) in [6, 6.07) is 5.01. The highest BCUT2D eigenvalue weighted by molar-refractivity contribution is 6.74. The SMILES string of the molecule is CC1(C)Cc2nc(C3CCC3)c([C@H](O)c3ccc(C(F)(F)F)cc3)c(C3=CCCC3)c2[C@@H](O[Si](C)(C)C(C)(C)C)C1. The van der Waals surface area contributed by atoms with Gasteiger partial charge >= 0.3 is 6.18 Å². The van der Waals surface area contributed by atoms with Crippen LogP contribution in [0.2, 0.25) is 18.1 Å². The van der Waals surface area contributed by atoms with E-state index in [2.05, 4.69) is 53.8 Å². The lowest BCUT2D eigenvalue weighted by atomic mass is 9.70. The fraction of sp³-hybridized carbons (Fsp3) is 0.618. The number of pyridine rings is 1. The van der Waals surface area contributed by atoms with Gasteiger partial charge in [0.25, 0.3) is 0 Å². The number of aliphatic hydroxyl groups is 1. The van der Waals surface area contributed by atoms with Crippen molar-refractivity contribution >= 4 is 13.9 Å². The molecule has 0 aliphatic heterocycles. The van der Waals surface area contributed by atoms with Gasteiger partial charge in [-0.05, 0) is 97.3 Å². The zero-order chi connectivity index (χ0) is 30.0. The first kappa shape index (κ1) is 30.5. The topological polar surface area (TPSA) is 42.4 Å². The highest BCUT2D eigenvalue weighted by Crippen LogP contribution is 2.53. The van der Waals surface area contributed by atoms with Crippen LogP contribution in [0.15, 0.2) is 30.3 Å². The molecular formula is C34H46F3NO2Si. The van der Waals surface area contributed by atoms with Crippen LogP contribution in [-0.2, 0) is 17.0 Å². The van der Waals surface area contributed by atoms with Gasteiger partial charge in [0.05, 0.1) is 17.4 Å². The van der Waals surface area contributed by atoms with Gasteiger partial charge in [0.15, 0.2) is 8.32 Å². The average molecular weight is 586 g/mol. The monoisotopic (exact) mass is 585 g/mol. The van der Waals surface area contributed by atoms with Crippen LogP contribution in [0.25, 0.3) is 5.57 Å². The minimum atomic E-state index is -4.42. The van der Waals surface area contributed by atoms with Crippen molar-refractivity contribution in [2.75, 3.05) is 0 Å². The van der Waals surface area contributed by atoms with Crippen molar-refractivity contribution in [2.45, 2.75) is 128 Å². The molecule has 5 rings (SSSR count). The Morgan fingerprint density at radius 3 is 2.22 bits per heavy atom. The lowest BCUT2D eigenvalue weighted by Gasteiger charge is -2.45. The molecular weight excluding hydrogens is 539 g/mol. The van der Waals surface area contributed by atoms with E-state index in [9.17, 15) is 18.3 Å². The summed E-state index contributed by atoms with van der Waals surface area (Å²) in [4.78, 5) is 5.38. The summed E-state index contributed by atoms with van der Waals surface area (Å²) in [7, 11) is -2.17. The number of aliphatic hydroxyl groups excluding tert-OH is 1. The zero-order valence-electron chi connectivity index (χ0n) is 25.7. The van der Waals surface area contributed by atoms with E-state index in [-0.39, 0.29) is 22.5 Å². The first-order chi connectivity index (χ1) is 19.0. The summed E-state index contributed by atoms with van der Waals surface area (Å²) in [5.74, 6) is 0.255. The van der Waals surface area contributed by atoms with Crippen molar-refractivity contribution in [3.63, 3.8) is 0 Å². The van der Waals surface area contributed by atoms with Gasteiger partial charge in [-0.2, -0.15) is 13.2 Å². The largest absolute Gasteiger partial charge is 0.416 e. The van der Waals surface area contributed by atoms with Crippen molar-refractivity contribution in [2.24, 2.45) is 5.41 Å². The molecule has 1 saturated carbocycles. The maximum atomic E-state index is 13.4. The molecule has 1 aromatic carbocycles. The van der Waals surface area contributed by atoms with E-state index in [0.717, 1.165) is 91.6 Å². The molecule has 0 unspecified atom stereocenters. The molecule has 0 spiro atoms. The Labute approximate surface area is 244 Å². The molecule has 224 valence electrons. The van der Waals surface area contributed by atoms with E-state index in [1.807, 2.05) is 0 Å². The Balaban J connectivity index is 1.74. The molecule has 1 heterocycles. The highest BCUT2D eigenvalue weighted by atomic mass is 28.4. The summed E-state index contributed by atoms with van der Waals surface area (Å²) in [5, 5.41) is 12.1. The van der Waals surface area contributed by atoms with E-state index in [0.29, 0.717) is 5.56 Å². The smallest absolute Gasteiger partial charge is 0.410 e. The predicted molar refractivity (Wildman–Crippen MR) is 161 cm³/mol. The van der Waals surface area contributed by atoms with Gasteiger partial charge in [0.1, 0.15) is 6.10 Å². The maximum Gasteiger partial charge on any atom is 0.416 e. The van der Waals surface area contributed by atoms with Gasteiger partial charge in [-0.1, -0.05) is 59.2 Å². The Morgan fingerprint density at radius 1 is 1.05 bits per heavy atom. The quantitative estimate of drug-likeness (QED) is 0.343. The molecule has 2 atom stereocenters. The number of fused-ring (bicyclic) bond motifs is 1. The number of alkyl halides is 3. The van der Waals surface area contributed by atoms with Crippen LogP contribution in [-0.4, -0.2) is 18.4 Å². The molecule has 2 aromatic rings. The third kappa shape index (κ3) is 5.96. The summed E-state index contributed by atoms with van der Waals surface area (Å²) in [5.41, 5.74) is 6.01. The zero-order valence-corrected chi connectivity index (χ0v) is 26.7. The molecule has 1 aromatic heterocycles. The molecule has 3 nitrogen and oxygen atoms in total. The summed E-state index contributed by atoms with van der Waals surface area (Å²) in [6.45, 7) is 15.9. The lowest BCUT2D eigenvalue weighted by molar-refractivity contribution is -0.137. The van der Waals surface area contributed by atoms with Crippen LogP contribution in [0, 0.1) is 5.41 Å². The van der Waals surface area contributed by atoms with Crippen LogP contribution < -0.4 is 0 Å². The van der Waals surface area contributed by atoms with E-state index < -0.39 is 26.2 Å². The van der Waals surface area contributed by atoms with Crippen LogP contribution in [0.4, 0.5) is 13.2 Å². The number of rotatable bonds is 6. The van der Waals surface area contributed by atoms with Crippen LogP contribution >= 0.6 is 0 Å². The van der Waals surface area contributed by atoms with Crippen molar-refractivity contribution in [3.05, 3.63) is 69.5 Å². The number of aromatic nitrogens is 1. The fourth-order valence-corrected chi connectivity index (χ4v) is 7.73.